The summed E-state index contributed by atoms with van der Waals surface area (Å²) in [6.45, 7) is -5.23. The van der Waals surface area contributed by atoms with Gasteiger partial charge in [-0.05, 0) is 6.07 Å². The summed E-state index contributed by atoms with van der Waals surface area (Å²) >= 11 is 0. The van der Waals surface area contributed by atoms with Crippen LogP contribution in [-0.2, 0) is 9.84 Å². The van der Waals surface area contributed by atoms with E-state index in [4.69, 9.17) is 5.26 Å². The van der Waals surface area contributed by atoms with Crippen molar-refractivity contribution in [2.75, 3.05) is 6.26 Å². The summed E-state index contributed by atoms with van der Waals surface area (Å²) in [5.74, 6) is 0. The fourth-order valence-corrected chi connectivity index (χ4v) is 1.98. The zero-order valence-electron chi connectivity index (χ0n) is 8.12. The van der Waals surface area contributed by atoms with Crippen molar-refractivity contribution in [2.45, 2.75) is 4.90 Å². The molecule has 1 aromatic carbocycles. The molecular weight excluding hydrogens is 242 g/mol. The van der Waals surface area contributed by atoms with Gasteiger partial charge in [-0.2, -0.15) is 5.26 Å². The van der Waals surface area contributed by atoms with Gasteiger partial charge >= 0.3 is 6.98 Å². The summed E-state index contributed by atoms with van der Waals surface area (Å²) in [6, 6.07) is 3.47. The lowest BCUT2D eigenvalue weighted by Gasteiger charge is -2.15. The molecule has 0 fully saturated rings. The average Bonchev–Trinajstić information content (AvgIpc) is 2.14. The Morgan fingerprint density at radius 2 is 1.88 bits per heavy atom. The fourth-order valence-electron chi connectivity index (χ4n) is 1.16. The molecule has 0 unspecified atom stereocenters. The molecule has 0 spiro atoms. The molecule has 0 N–H and O–H groups in total. The number of hydrogen-bond donors (Lipinski definition) is 0. The molecule has 0 heterocycles. The quantitative estimate of drug-likeness (QED) is 0.734. The lowest BCUT2D eigenvalue weighted by molar-refractivity contribution is 0.501. The molecule has 0 aliphatic heterocycles. The Morgan fingerprint density at radius 3 is 2.25 bits per heavy atom. The molecule has 0 bridgehead atoms. The molecule has 0 saturated heterocycles. The SMILES string of the molecule is CS(=O)(=O)c1ccc([B-](F)(F)F)cc1C#N. The van der Waals surface area contributed by atoms with Gasteiger partial charge in [0.05, 0.1) is 10.5 Å². The van der Waals surface area contributed by atoms with Gasteiger partial charge in [0.25, 0.3) is 0 Å². The Balaban J connectivity index is 3.48. The van der Waals surface area contributed by atoms with Crippen LogP contribution in [0.3, 0.4) is 0 Å². The van der Waals surface area contributed by atoms with Crippen LogP contribution in [0.1, 0.15) is 5.56 Å². The van der Waals surface area contributed by atoms with Crippen LogP contribution in [0.2, 0.25) is 0 Å². The van der Waals surface area contributed by atoms with Gasteiger partial charge in [-0.3, -0.25) is 0 Å². The van der Waals surface area contributed by atoms with Crippen molar-refractivity contribution in [1.82, 2.24) is 0 Å². The van der Waals surface area contributed by atoms with Crippen LogP contribution in [0, 0.1) is 11.3 Å². The van der Waals surface area contributed by atoms with Crippen molar-refractivity contribution in [1.29, 1.82) is 5.26 Å². The lowest BCUT2D eigenvalue weighted by atomic mass is 9.79. The molecule has 0 atom stereocenters. The minimum atomic E-state index is -5.23. The lowest BCUT2D eigenvalue weighted by Crippen LogP contribution is -2.34. The molecule has 0 aliphatic rings. The summed E-state index contributed by atoms with van der Waals surface area (Å²) in [5, 5.41) is 8.60. The Bertz CT molecular complexity index is 560. The van der Waals surface area contributed by atoms with Crippen molar-refractivity contribution >= 4 is 22.3 Å². The molecular formula is C8H6BF3NO2S-. The average molecular weight is 248 g/mol. The Labute approximate surface area is 90.5 Å². The molecule has 0 radical (unpaired) electrons. The topological polar surface area (TPSA) is 57.9 Å². The third-order valence-electron chi connectivity index (χ3n) is 1.90. The van der Waals surface area contributed by atoms with Crippen LogP contribution in [0.5, 0.6) is 0 Å². The fraction of sp³-hybridized carbons (Fsp3) is 0.125. The first-order valence-corrected chi connectivity index (χ1v) is 5.99. The number of rotatable bonds is 2. The highest BCUT2D eigenvalue weighted by Gasteiger charge is 2.27. The van der Waals surface area contributed by atoms with E-state index in [9.17, 15) is 21.4 Å². The maximum atomic E-state index is 12.3. The van der Waals surface area contributed by atoms with Crippen molar-refractivity contribution in [2.24, 2.45) is 0 Å². The van der Waals surface area contributed by atoms with Gasteiger partial charge in [-0.15, -0.1) is 5.46 Å². The van der Waals surface area contributed by atoms with Crippen LogP contribution in [0.4, 0.5) is 12.9 Å². The molecule has 0 aromatic heterocycles. The molecule has 0 amide bonds. The predicted molar refractivity (Wildman–Crippen MR) is 53.0 cm³/mol. The summed E-state index contributed by atoms with van der Waals surface area (Å²) in [4.78, 5) is -0.390. The number of benzene rings is 1. The molecule has 0 saturated carbocycles. The van der Waals surface area contributed by atoms with Crippen LogP contribution >= 0.6 is 0 Å². The summed E-state index contributed by atoms with van der Waals surface area (Å²) in [6.07, 6.45) is 0.835. The minimum Gasteiger partial charge on any atom is -0.445 e. The zero-order chi connectivity index (χ0) is 12.6. The van der Waals surface area contributed by atoms with Gasteiger partial charge in [-0.25, -0.2) is 8.42 Å². The first-order valence-electron chi connectivity index (χ1n) is 4.10. The van der Waals surface area contributed by atoms with Crippen LogP contribution in [0.15, 0.2) is 23.1 Å². The van der Waals surface area contributed by atoms with Crippen LogP contribution in [0.25, 0.3) is 0 Å². The van der Waals surface area contributed by atoms with Gasteiger partial charge < -0.3 is 12.9 Å². The maximum absolute atomic E-state index is 12.3. The standard InChI is InChI=1S/C8H6BF3NO2S/c1-16(14,15)8-3-2-7(9(10,11)12)4-6(8)5-13/h2-4H,1H3/q-1. The third-order valence-corrected chi connectivity index (χ3v) is 3.06. The van der Waals surface area contributed by atoms with Gasteiger partial charge in [0, 0.05) is 6.26 Å². The van der Waals surface area contributed by atoms with E-state index in [1.54, 1.807) is 0 Å². The molecule has 0 aliphatic carbocycles. The highest BCUT2D eigenvalue weighted by Crippen LogP contribution is 2.16. The maximum Gasteiger partial charge on any atom is 0.509 e. The van der Waals surface area contributed by atoms with E-state index in [1.807, 2.05) is 0 Å². The Morgan fingerprint density at radius 1 is 1.31 bits per heavy atom. The second kappa shape index (κ2) is 3.83. The predicted octanol–water partition coefficient (Wildman–Crippen LogP) is 1.02. The highest BCUT2D eigenvalue weighted by molar-refractivity contribution is 7.90. The van der Waals surface area contributed by atoms with Gasteiger partial charge in [0.2, 0.25) is 0 Å². The molecule has 3 nitrogen and oxygen atoms in total. The summed E-state index contributed by atoms with van der Waals surface area (Å²) in [7, 11) is -3.69. The van der Waals surface area contributed by atoms with E-state index in [0.29, 0.717) is 12.1 Å². The second-order valence-electron chi connectivity index (χ2n) is 3.21. The van der Waals surface area contributed by atoms with E-state index < -0.39 is 27.8 Å². The van der Waals surface area contributed by atoms with Crippen molar-refractivity contribution < 1.29 is 21.4 Å². The highest BCUT2D eigenvalue weighted by atomic mass is 32.2. The van der Waals surface area contributed by atoms with E-state index in [0.717, 1.165) is 12.3 Å². The van der Waals surface area contributed by atoms with Gasteiger partial charge in [0.15, 0.2) is 9.84 Å². The van der Waals surface area contributed by atoms with Gasteiger partial charge in [0.1, 0.15) is 6.07 Å². The van der Waals surface area contributed by atoms with E-state index in [2.05, 4.69) is 0 Å². The molecule has 1 aromatic rings. The molecule has 16 heavy (non-hydrogen) atoms. The van der Waals surface area contributed by atoms with Crippen molar-refractivity contribution in [3.8, 4) is 6.07 Å². The second-order valence-corrected chi connectivity index (χ2v) is 5.20. The number of sulfone groups is 1. The number of hydrogen-bond acceptors (Lipinski definition) is 3. The van der Waals surface area contributed by atoms with Gasteiger partial charge in [-0.1, -0.05) is 12.1 Å². The summed E-state index contributed by atoms with van der Waals surface area (Å²) < 4.78 is 59.3. The Hall–Kier alpha value is -1.49. The number of nitriles is 1. The first kappa shape index (κ1) is 12.6. The molecule has 1 rings (SSSR count). The minimum absolute atomic E-state index is 0.390. The molecule has 86 valence electrons. The van der Waals surface area contributed by atoms with E-state index in [-0.39, 0.29) is 4.90 Å². The van der Waals surface area contributed by atoms with E-state index in [1.165, 1.54) is 6.07 Å². The largest absolute Gasteiger partial charge is 0.509 e. The normalized spacial score (nSPS) is 12.2. The number of halogens is 3. The smallest absolute Gasteiger partial charge is 0.445 e. The van der Waals surface area contributed by atoms with Crippen LogP contribution < -0.4 is 5.46 Å². The summed E-state index contributed by atoms with van der Waals surface area (Å²) in [5.41, 5.74) is -1.47. The van der Waals surface area contributed by atoms with Crippen molar-refractivity contribution in [3.63, 3.8) is 0 Å². The number of nitrogens with zero attached hydrogens (tertiary/aromatic N) is 1. The molecule has 8 heteroatoms. The monoisotopic (exact) mass is 248 g/mol. The Kier molecular flexibility index (Phi) is 3.01. The van der Waals surface area contributed by atoms with E-state index >= 15 is 0 Å². The third kappa shape index (κ3) is 2.55. The van der Waals surface area contributed by atoms with Crippen molar-refractivity contribution in [3.05, 3.63) is 23.8 Å². The first-order chi connectivity index (χ1) is 7.16. The van der Waals surface area contributed by atoms with Crippen LogP contribution in [-0.4, -0.2) is 21.7 Å². The zero-order valence-corrected chi connectivity index (χ0v) is 8.93.